The van der Waals surface area contributed by atoms with Gasteiger partial charge in [0.1, 0.15) is 5.75 Å². The first-order valence-corrected chi connectivity index (χ1v) is 5.98. The Kier molecular flexibility index (Phi) is 6.83. The molecule has 0 atom stereocenters. The molecular weight excluding hydrogens is 232 g/mol. The zero-order valence-electron chi connectivity index (χ0n) is 10.6. The third-order valence-electron chi connectivity index (χ3n) is 2.29. The van der Waals surface area contributed by atoms with Gasteiger partial charge in [-0.1, -0.05) is 6.07 Å². The molecule has 5 heteroatoms. The smallest absolute Gasteiger partial charge is 0.251 e. The Morgan fingerprint density at radius 2 is 2.22 bits per heavy atom. The SMILES string of the molecule is COCCCOc1cccc(C(=O)NCCN)c1. The summed E-state index contributed by atoms with van der Waals surface area (Å²) in [5.74, 6) is 0.550. The minimum absolute atomic E-state index is 0.136. The molecule has 1 amide bonds. The number of hydrogen-bond donors (Lipinski definition) is 2. The van der Waals surface area contributed by atoms with Crippen molar-refractivity contribution >= 4 is 5.91 Å². The fraction of sp³-hybridized carbons (Fsp3) is 0.462. The number of nitrogens with two attached hydrogens (primary N) is 1. The molecule has 5 nitrogen and oxygen atoms in total. The summed E-state index contributed by atoms with van der Waals surface area (Å²) < 4.78 is 10.4. The highest BCUT2D eigenvalue weighted by Gasteiger charge is 2.05. The van der Waals surface area contributed by atoms with Crippen molar-refractivity contribution < 1.29 is 14.3 Å². The Labute approximate surface area is 107 Å². The molecule has 3 N–H and O–H groups in total. The highest BCUT2D eigenvalue weighted by molar-refractivity contribution is 5.94. The standard InChI is InChI=1S/C13H20N2O3/c1-17-8-3-9-18-12-5-2-4-11(10-12)13(16)15-7-6-14/h2,4-5,10H,3,6-9,14H2,1H3,(H,15,16). The summed E-state index contributed by atoms with van der Waals surface area (Å²) in [5.41, 5.74) is 5.90. The Morgan fingerprint density at radius 1 is 1.39 bits per heavy atom. The lowest BCUT2D eigenvalue weighted by Gasteiger charge is -2.08. The zero-order valence-corrected chi connectivity index (χ0v) is 10.6. The van der Waals surface area contributed by atoms with Crippen molar-refractivity contribution in [1.29, 1.82) is 0 Å². The predicted octanol–water partition coefficient (Wildman–Crippen LogP) is 0.790. The van der Waals surface area contributed by atoms with Crippen LogP contribution in [0.2, 0.25) is 0 Å². The minimum atomic E-state index is -0.136. The van der Waals surface area contributed by atoms with Gasteiger partial charge < -0.3 is 20.5 Å². The summed E-state index contributed by atoms with van der Waals surface area (Å²) >= 11 is 0. The summed E-state index contributed by atoms with van der Waals surface area (Å²) in [6, 6.07) is 7.09. The minimum Gasteiger partial charge on any atom is -0.493 e. The molecule has 1 rings (SSSR count). The van der Waals surface area contributed by atoms with Gasteiger partial charge in [0.05, 0.1) is 6.61 Å². The fourth-order valence-electron chi connectivity index (χ4n) is 1.41. The molecule has 0 aliphatic heterocycles. The van der Waals surface area contributed by atoms with Crippen LogP contribution in [0.15, 0.2) is 24.3 Å². The Hall–Kier alpha value is -1.59. The van der Waals surface area contributed by atoms with Crippen LogP contribution in [-0.2, 0) is 4.74 Å². The van der Waals surface area contributed by atoms with Gasteiger partial charge in [0.25, 0.3) is 5.91 Å². The third-order valence-corrected chi connectivity index (χ3v) is 2.29. The lowest BCUT2D eigenvalue weighted by Crippen LogP contribution is -2.28. The average molecular weight is 252 g/mol. The molecule has 0 heterocycles. The second-order valence-corrected chi connectivity index (χ2v) is 3.77. The molecule has 0 aromatic heterocycles. The van der Waals surface area contributed by atoms with Crippen molar-refractivity contribution in [3.8, 4) is 5.75 Å². The van der Waals surface area contributed by atoms with Crippen molar-refractivity contribution in [2.75, 3.05) is 33.4 Å². The van der Waals surface area contributed by atoms with Crippen LogP contribution in [0.3, 0.4) is 0 Å². The Balaban J connectivity index is 2.48. The summed E-state index contributed by atoms with van der Waals surface area (Å²) in [6.45, 7) is 2.13. The number of carbonyl (C=O) groups excluding carboxylic acids is 1. The van der Waals surface area contributed by atoms with Crippen LogP contribution in [0.25, 0.3) is 0 Å². The van der Waals surface area contributed by atoms with Gasteiger partial charge in [-0.3, -0.25) is 4.79 Å². The van der Waals surface area contributed by atoms with Crippen LogP contribution in [-0.4, -0.2) is 39.3 Å². The van der Waals surface area contributed by atoms with Crippen molar-refractivity contribution in [2.45, 2.75) is 6.42 Å². The van der Waals surface area contributed by atoms with Crippen LogP contribution in [0, 0.1) is 0 Å². The lowest BCUT2D eigenvalue weighted by molar-refractivity contribution is 0.0954. The summed E-state index contributed by atoms with van der Waals surface area (Å²) in [5, 5.41) is 2.71. The highest BCUT2D eigenvalue weighted by Crippen LogP contribution is 2.13. The average Bonchev–Trinajstić information content (AvgIpc) is 2.41. The quantitative estimate of drug-likeness (QED) is 0.671. The fourth-order valence-corrected chi connectivity index (χ4v) is 1.41. The van der Waals surface area contributed by atoms with Crippen molar-refractivity contribution in [3.63, 3.8) is 0 Å². The number of carbonyl (C=O) groups is 1. The molecule has 0 spiro atoms. The van der Waals surface area contributed by atoms with Crippen molar-refractivity contribution in [3.05, 3.63) is 29.8 Å². The molecule has 1 aromatic carbocycles. The van der Waals surface area contributed by atoms with Gasteiger partial charge in [0.2, 0.25) is 0 Å². The highest BCUT2D eigenvalue weighted by atomic mass is 16.5. The van der Waals surface area contributed by atoms with Crippen LogP contribution in [0.4, 0.5) is 0 Å². The van der Waals surface area contributed by atoms with Gasteiger partial charge in [0.15, 0.2) is 0 Å². The second-order valence-electron chi connectivity index (χ2n) is 3.77. The first-order valence-electron chi connectivity index (χ1n) is 5.98. The second kappa shape index (κ2) is 8.49. The third kappa shape index (κ3) is 5.16. The van der Waals surface area contributed by atoms with Crippen LogP contribution >= 0.6 is 0 Å². The van der Waals surface area contributed by atoms with E-state index in [1.165, 1.54) is 0 Å². The molecule has 0 saturated heterocycles. The van der Waals surface area contributed by atoms with E-state index in [0.717, 1.165) is 6.42 Å². The molecule has 0 unspecified atom stereocenters. The molecule has 0 bridgehead atoms. The maximum Gasteiger partial charge on any atom is 0.251 e. The normalized spacial score (nSPS) is 10.1. The van der Waals surface area contributed by atoms with Crippen LogP contribution < -0.4 is 15.8 Å². The van der Waals surface area contributed by atoms with E-state index in [1.54, 1.807) is 25.3 Å². The zero-order chi connectivity index (χ0) is 13.2. The van der Waals surface area contributed by atoms with E-state index in [9.17, 15) is 4.79 Å². The number of rotatable bonds is 8. The maximum atomic E-state index is 11.7. The van der Waals surface area contributed by atoms with Gasteiger partial charge >= 0.3 is 0 Å². The van der Waals surface area contributed by atoms with Crippen LogP contribution in [0.1, 0.15) is 16.8 Å². The number of ether oxygens (including phenoxy) is 2. The number of hydrogen-bond acceptors (Lipinski definition) is 4. The molecule has 100 valence electrons. The molecular formula is C13H20N2O3. The predicted molar refractivity (Wildman–Crippen MR) is 69.8 cm³/mol. The van der Waals surface area contributed by atoms with Gasteiger partial charge in [-0.05, 0) is 18.2 Å². The molecule has 1 aromatic rings. The monoisotopic (exact) mass is 252 g/mol. The summed E-state index contributed by atoms with van der Waals surface area (Å²) in [4.78, 5) is 11.7. The van der Waals surface area contributed by atoms with E-state index in [2.05, 4.69) is 5.32 Å². The van der Waals surface area contributed by atoms with Gasteiger partial charge in [0, 0.05) is 38.8 Å². The van der Waals surface area contributed by atoms with E-state index < -0.39 is 0 Å². The molecule has 0 aliphatic rings. The molecule has 18 heavy (non-hydrogen) atoms. The van der Waals surface area contributed by atoms with E-state index in [1.807, 2.05) is 6.07 Å². The Morgan fingerprint density at radius 3 is 2.94 bits per heavy atom. The molecule has 0 radical (unpaired) electrons. The van der Waals surface area contributed by atoms with Crippen LogP contribution in [0.5, 0.6) is 5.75 Å². The number of benzene rings is 1. The summed E-state index contributed by atoms with van der Waals surface area (Å²) in [6.07, 6.45) is 0.820. The van der Waals surface area contributed by atoms with E-state index in [-0.39, 0.29) is 5.91 Å². The van der Waals surface area contributed by atoms with Gasteiger partial charge in [-0.2, -0.15) is 0 Å². The van der Waals surface area contributed by atoms with Crippen molar-refractivity contribution in [1.82, 2.24) is 5.32 Å². The molecule has 0 fully saturated rings. The van der Waals surface area contributed by atoms with E-state index >= 15 is 0 Å². The number of nitrogens with one attached hydrogen (secondary N) is 1. The lowest BCUT2D eigenvalue weighted by atomic mass is 10.2. The van der Waals surface area contributed by atoms with E-state index in [0.29, 0.717) is 37.6 Å². The first-order chi connectivity index (χ1) is 8.77. The number of methoxy groups -OCH3 is 1. The van der Waals surface area contributed by atoms with Gasteiger partial charge in [-0.15, -0.1) is 0 Å². The molecule has 0 aliphatic carbocycles. The van der Waals surface area contributed by atoms with Crippen molar-refractivity contribution in [2.24, 2.45) is 5.73 Å². The van der Waals surface area contributed by atoms with Gasteiger partial charge in [-0.25, -0.2) is 0 Å². The number of amides is 1. The largest absolute Gasteiger partial charge is 0.493 e. The molecule has 0 saturated carbocycles. The first kappa shape index (κ1) is 14.5. The summed E-state index contributed by atoms with van der Waals surface area (Å²) in [7, 11) is 1.66. The Bertz CT molecular complexity index is 369. The van der Waals surface area contributed by atoms with E-state index in [4.69, 9.17) is 15.2 Å². The topological polar surface area (TPSA) is 73.6 Å². The maximum absolute atomic E-state index is 11.7.